The van der Waals surface area contributed by atoms with Gasteiger partial charge in [0.25, 0.3) is 17.5 Å². The van der Waals surface area contributed by atoms with Crippen molar-refractivity contribution in [2.24, 2.45) is 0 Å². The molecule has 3 N–H and O–H groups in total. The summed E-state index contributed by atoms with van der Waals surface area (Å²) in [5.74, 6) is -1.44. The Morgan fingerprint density at radius 1 is 0.879 bits per heavy atom. The van der Waals surface area contributed by atoms with E-state index >= 15 is 0 Å². The number of nitriles is 1. The largest absolute Gasteiger partial charge is 0.321 e. The number of non-ortho nitro benzene ring substituents is 1. The molecule has 0 saturated heterocycles. The summed E-state index contributed by atoms with van der Waals surface area (Å²) in [6.45, 7) is 2.30. The van der Waals surface area contributed by atoms with Gasteiger partial charge in [-0.3, -0.25) is 29.4 Å². The maximum Gasteiger partial charge on any atom is 0.272 e. The zero-order chi connectivity index (χ0) is 40.4. The number of rotatable bonds is 13. The van der Waals surface area contributed by atoms with Crippen molar-refractivity contribution in [3.63, 3.8) is 0 Å². The van der Waals surface area contributed by atoms with E-state index in [1.165, 1.54) is 59.0 Å². The summed E-state index contributed by atoms with van der Waals surface area (Å²) in [7, 11) is 0. The number of carbonyl (C=O) groups is 3. The summed E-state index contributed by atoms with van der Waals surface area (Å²) < 4.78 is 0. The van der Waals surface area contributed by atoms with Crippen molar-refractivity contribution >= 4 is 63.3 Å². The Hall–Kier alpha value is -6.85. The maximum absolute atomic E-state index is 14.2. The second-order valence-electron chi connectivity index (χ2n) is 13.4. The van der Waals surface area contributed by atoms with Gasteiger partial charge in [0, 0.05) is 52.8 Å². The molecule has 3 amide bonds. The summed E-state index contributed by atoms with van der Waals surface area (Å²) in [6, 6.07) is 43.0. The molecule has 0 radical (unpaired) electrons. The Labute approximate surface area is 343 Å². The number of amides is 3. The molecule has 0 aliphatic carbocycles. The number of hydrogen-bond donors (Lipinski definition) is 3. The van der Waals surface area contributed by atoms with Gasteiger partial charge in [0.1, 0.15) is 22.0 Å². The van der Waals surface area contributed by atoms with Crippen LogP contribution in [-0.2, 0) is 29.1 Å². The first kappa shape index (κ1) is 39.4. The van der Waals surface area contributed by atoms with E-state index in [1.54, 1.807) is 48.5 Å². The highest BCUT2D eigenvalue weighted by Gasteiger charge is 2.28. The first-order valence-electron chi connectivity index (χ1n) is 18.3. The highest BCUT2D eigenvalue weighted by molar-refractivity contribution is 8.00. The third-order valence-corrected chi connectivity index (χ3v) is 11.7. The average Bonchev–Trinajstić information content (AvgIpc) is 3.59. The molecule has 6 aromatic rings. The van der Waals surface area contributed by atoms with Gasteiger partial charge in [0.2, 0.25) is 5.91 Å². The van der Waals surface area contributed by atoms with Crippen LogP contribution >= 0.6 is 23.1 Å². The number of nitrogens with one attached hydrogen (secondary N) is 3. The number of nitro benzene ring substituents is 1. The van der Waals surface area contributed by atoms with E-state index in [0.717, 1.165) is 29.1 Å². The van der Waals surface area contributed by atoms with Gasteiger partial charge in [-0.1, -0.05) is 84.9 Å². The topological polar surface area (TPSA) is 157 Å². The van der Waals surface area contributed by atoms with Crippen molar-refractivity contribution in [3.8, 4) is 6.07 Å². The number of thioether (sulfide) groups is 1. The van der Waals surface area contributed by atoms with Crippen molar-refractivity contribution in [3.05, 3.63) is 194 Å². The molecule has 1 aliphatic heterocycles. The molecular weight excluding hydrogens is 769 g/mol. The number of fused-ring (bicyclic) bond motifs is 1. The summed E-state index contributed by atoms with van der Waals surface area (Å²) in [5.41, 5.74) is 4.47. The second-order valence-corrected chi connectivity index (χ2v) is 15.7. The Kier molecular flexibility index (Phi) is 12.5. The first-order chi connectivity index (χ1) is 28.2. The van der Waals surface area contributed by atoms with Crippen LogP contribution < -0.4 is 16.0 Å². The molecule has 2 heterocycles. The van der Waals surface area contributed by atoms with E-state index in [9.17, 15) is 29.8 Å². The number of nitrogens with zero attached hydrogens (tertiary/aromatic N) is 3. The lowest BCUT2D eigenvalue weighted by Gasteiger charge is -2.26. The minimum Gasteiger partial charge on any atom is -0.321 e. The van der Waals surface area contributed by atoms with Gasteiger partial charge in [-0.15, -0.1) is 23.1 Å². The predicted octanol–water partition coefficient (Wildman–Crippen LogP) is 8.97. The van der Waals surface area contributed by atoms with Gasteiger partial charge < -0.3 is 16.0 Å². The fourth-order valence-electron chi connectivity index (χ4n) is 6.50. The van der Waals surface area contributed by atoms with Gasteiger partial charge in [-0.05, 0) is 77.2 Å². The van der Waals surface area contributed by atoms with Crippen LogP contribution in [0, 0.1) is 21.4 Å². The molecular formula is C45H36N6O5S2. The van der Waals surface area contributed by atoms with E-state index in [4.69, 9.17) is 0 Å². The Morgan fingerprint density at radius 2 is 1.57 bits per heavy atom. The molecule has 5 aromatic carbocycles. The van der Waals surface area contributed by atoms with Crippen LogP contribution in [0.2, 0.25) is 0 Å². The molecule has 58 heavy (non-hydrogen) atoms. The lowest BCUT2D eigenvalue weighted by atomic mass is 10.0. The smallest absolute Gasteiger partial charge is 0.272 e. The second kappa shape index (κ2) is 18.4. The van der Waals surface area contributed by atoms with Crippen LogP contribution in [0.15, 0.2) is 150 Å². The third kappa shape index (κ3) is 9.74. The van der Waals surface area contributed by atoms with E-state index in [-0.39, 0.29) is 17.3 Å². The molecule has 0 spiro atoms. The lowest BCUT2D eigenvalue weighted by molar-refractivity contribution is -0.384. The molecule has 288 valence electrons. The number of benzene rings is 5. The highest BCUT2D eigenvalue weighted by Crippen LogP contribution is 2.41. The fraction of sp³-hybridized carbons (Fsp3) is 0.111. The Balaban J connectivity index is 1.10. The molecule has 1 unspecified atom stereocenters. The van der Waals surface area contributed by atoms with Gasteiger partial charge in [-0.25, -0.2) is 0 Å². The molecule has 1 aliphatic rings. The number of thiophene rings is 1. The maximum atomic E-state index is 14.2. The summed E-state index contributed by atoms with van der Waals surface area (Å²) >= 11 is 2.74. The first-order valence-corrected chi connectivity index (χ1v) is 20.0. The summed E-state index contributed by atoms with van der Waals surface area (Å²) in [6.07, 6.45) is 2.15. The molecule has 1 atom stereocenters. The molecule has 0 fully saturated rings. The van der Waals surface area contributed by atoms with Crippen molar-refractivity contribution in [2.45, 2.75) is 29.7 Å². The van der Waals surface area contributed by atoms with Crippen molar-refractivity contribution < 1.29 is 19.3 Å². The van der Waals surface area contributed by atoms with Crippen LogP contribution in [0.4, 0.5) is 16.4 Å². The van der Waals surface area contributed by atoms with Gasteiger partial charge in [0.15, 0.2) is 0 Å². The number of nitro groups is 1. The summed E-state index contributed by atoms with van der Waals surface area (Å²) in [5, 5.41) is 29.9. The minimum absolute atomic E-state index is 0.0857. The zero-order valence-electron chi connectivity index (χ0n) is 31.0. The highest BCUT2D eigenvalue weighted by atomic mass is 32.2. The molecule has 0 bridgehead atoms. The molecule has 11 nitrogen and oxygen atoms in total. The van der Waals surface area contributed by atoms with Gasteiger partial charge in [-0.2, -0.15) is 5.26 Å². The van der Waals surface area contributed by atoms with E-state index < -0.39 is 22.0 Å². The molecule has 13 heteroatoms. The predicted molar refractivity (Wildman–Crippen MR) is 227 cm³/mol. The fourth-order valence-corrected chi connectivity index (χ4v) is 8.83. The standard InChI is InChI=1S/C45H36N6O5S2/c46-27-38-37-23-24-50(28-31-11-4-1-5-12-31)29-40(37)58-45(38)49-44(54)41(32-13-6-2-7-14-32)57-36-18-10-17-34(26-36)47-43(53)39(48-42(52)33-15-8-3-9-16-33)25-30-19-21-35(22-20-30)51(55)56/h1-22,25-26,41H,23-24,28-29H2,(H,47,53)(H,48,52)(H,49,54)/b39-25+. The number of anilines is 2. The number of hydrogen-bond acceptors (Lipinski definition) is 9. The normalized spacial score (nSPS) is 13.1. The monoisotopic (exact) mass is 804 g/mol. The Bertz CT molecular complexity index is 2520. The van der Waals surface area contributed by atoms with Crippen LogP contribution in [0.25, 0.3) is 6.08 Å². The van der Waals surface area contributed by atoms with Crippen LogP contribution in [-0.4, -0.2) is 34.1 Å². The van der Waals surface area contributed by atoms with Crippen LogP contribution in [0.5, 0.6) is 0 Å². The number of carbonyl (C=O) groups excluding carboxylic acids is 3. The zero-order valence-corrected chi connectivity index (χ0v) is 32.6. The molecule has 0 saturated carbocycles. The van der Waals surface area contributed by atoms with Crippen molar-refractivity contribution in [1.82, 2.24) is 10.2 Å². The van der Waals surface area contributed by atoms with Crippen LogP contribution in [0.1, 0.15) is 48.3 Å². The van der Waals surface area contributed by atoms with E-state index in [0.29, 0.717) is 45.2 Å². The van der Waals surface area contributed by atoms with Gasteiger partial charge in [0.05, 0.1) is 10.5 Å². The van der Waals surface area contributed by atoms with Crippen molar-refractivity contribution in [2.75, 3.05) is 17.2 Å². The van der Waals surface area contributed by atoms with Crippen molar-refractivity contribution in [1.29, 1.82) is 5.26 Å². The lowest BCUT2D eigenvalue weighted by Crippen LogP contribution is -2.30. The quantitative estimate of drug-likeness (QED) is 0.0452. The summed E-state index contributed by atoms with van der Waals surface area (Å²) in [4.78, 5) is 55.9. The SMILES string of the molecule is N#Cc1c(NC(=O)C(Sc2cccc(NC(=O)/C(=C\c3ccc([N+](=O)[O-])cc3)NC(=O)c3ccccc3)c2)c2ccccc2)sc2c1CCN(Cc1ccccc1)C2. The van der Waals surface area contributed by atoms with E-state index in [2.05, 4.69) is 39.1 Å². The van der Waals surface area contributed by atoms with Crippen LogP contribution in [0.3, 0.4) is 0 Å². The molecule has 1 aromatic heterocycles. The minimum atomic E-state index is -0.713. The third-order valence-electron chi connectivity index (χ3n) is 9.36. The Morgan fingerprint density at radius 3 is 2.26 bits per heavy atom. The molecule has 7 rings (SSSR count). The van der Waals surface area contributed by atoms with E-state index in [1.807, 2.05) is 54.6 Å². The van der Waals surface area contributed by atoms with Gasteiger partial charge >= 0.3 is 0 Å². The average molecular weight is 805 g/mol.